The number of carbonyl (C=O) groups is 1. The van der Waals surface area contributed by atoms with Crippen molar-refractivity contribution in [3.05, 3.63) is 0 Å². The smallest absolute Gasteiger partial charge is 0.149 e. The predicted octanol–water partition coefficient (Wildman–Crippen LogP) is 1.04. The molecule has 1 unspecified atom stereocenters. The molecule has 11 heavy (non-hydrogen) atoms. The van der Waals surface area contributed by atoms with Crippen LogP contribution in [0.2, 0.25) is 0 Å². The van der Waals surface area contributed by atoms with Gasteiger partial charge in [-0.2, -0.15) is 0 Å². The zero-order chi connectivity index (χ0) is 8.65. The topological polar surface area (TPSA) is 43.1 Å². The van der Waals surface area contributed by atoms with E-state index in [1.807, 2.05) is 0 Å². The third kappa shape index (κ3) is 1.59. The van der Waals surface area contributed by atoms with Gasteiger partial charge in [0, 0.05) is 0 Å². The van der Waals surface area contributed by atoms with Crippen LogP contribution in [0.3, 0.4) is 0 Å². The highest BCUT2D eigenvalue weighted by atomic mass is 19.1. The van der Waals surface area contributed by atoms with E-state index in [1.54, 1.807) is 0 Å². The van der Waals surface area contributed by atoms with Crippen LogP contribution in [0.15, 0.2) is 0 Å². The van der Waals surface area contributed by atoms with Crippen LogP contribution in [0.25, 0.3) is 0 Å². The third-order valence-corrected chi connectivity index (χ3v) is 2.42. The maximum Gasteiger partial charge on any atom is 0.149 e. The van der Waals surface area contributed by atoms with Crippen molar-refractivity contribution in [3.63, 3.8) is 0 Å². The van der Waals surface area contributed by atoms with Gasteiger partial charge in [-0.1, -0.05) is 0 Å². The highest BCUT2D eigenvalue weighted by Gasteiger charge is 2.54. The van der Waals surface area contributed by atoms with Gasteiger partial charge in [0.25, 0.3) is 0 Å². The standard InChI is InChI=1S/C8H14FNO/c1-5(9)3-7-4-8(7,10)6(2)11/h5,7H,3-4,10H2,1-2H3/t5?,7-,8+/m1/s1. The molecule has 0 heterocycles. The first-order valence-corrected chi connectivity index (χ1v) is 3.91. The van der Waals surface area contributed by atoms with Crippen LogP contribution in [-0.2, 0) is 4.79 Å². The molecule has 1 saturated carbocycles. The lowest BCUT2D eigenvalue weighted by Crippen LogP contribution is -2.33. The third-order valence-electron chi connectivity index (χ3n) is 2.42. The van der Waals surface area contributed by atoms with Crippen LogP contribution < -0.4 is 5.73 Å². The molecule has 0 radical (unpaired) electrons. The van der Waals surface area contributed by atoms with E-state index in [9.17, 15) is 9.18 Å². The largest absolute Gasteiger partial charge is 0.319 e. The van der Waals surface area contributed by atoms with Gasteiger partial charge in [0.2, 0.25) is 0 Å². The Hall–Kier alpha value is -0.440. The molecule has 0 saturated heterocycles. The van der Waals surface area contributed by atoms with Gasteiger partial charge in [-0.15, -0.1) is 0 Å². The Bertz CT molecular complexity index is 181. The van der Waals surface area contributed by atoms with E-state index < -0.39 is 11.7 Å². The summed E-state index contributed by atoms with van der Waals surface area (Å²) >= 11 is 0. The molecule has 1 aliphatic carbocycles. The maximum absolute atomic E-state index is 12.4. The Morgan fingerprint density at radius 3 is 2.73 bits per heavy atom. The Kier molecular flexibility index (Phi) is 2.01. The van der Waals surface area contributed by atoms with E-state index in [1.165, 1.54) is 13.8 Å². The van der Waals surface area contributed by atoms with Crippen LogP contribution in [0, 0.1) is 5.92 Å². The summed E-state index contributed by atoms with van der Waals surface area (Å²) in [4.78, 5) is 10.9. The normalized spacial score (nSPS) is 38.4. The van der Waals surface area contributed by atoms with Crippen molar-refractivity contribution < 1.29 is 9.18 Å². The summed E-state index contributed by atoms with van der Waals surface area (Å²) in [5, 5.41) is 0. The molecule has 0 aromatic rings. The number of nitrogens with two attached hydrogens (primary N) is 1. The van der Waals surface area contributed by atoms with Gasteiger partial charge in [0.05, 0.1) is 11.7 Å². The van der Waals surface area contributed by atoms with Crippen molar-refractivity contribution in [2.75, 3.05) is 0 Å². The van der Waals surface area contributed by atoms with Gasteiger partial charge in [-0.25, -0.2) is 4.39 Å². The molecule has 1 aliphatic rings. The SMILES string of the molecule is CC(=O)[C@@]1(N)C[C@H]1CC(C)F. The van der Waals surface area contributed by atoms with Gasteiger partial charge in [-0.05, 0) is 32.6 Å². The highest BCUT2D eigenvalue weighted by molar-refractivity contribution is 5.89. The molecule has 0 spiro atoms. The van der Waals surface area contributed by atoms with Crippen molar-refractivity contribution in [1.82, 2.24) is 0 Å². The lowest BCUT2D eigenvalue weighted by molar-refractivity contribution is -0.119. The molecular formula is C8H14FNO. The minimum absolute atomic E-state index is 0.0110. The lowest BCUT2D eigenvalue weighted by Gasteiger charge is -2.06. The summed E-state index contributed by atoms with van der Waals surface area (Å²) in [5.41, 5.74) is 4.99. The van der Waals surface area contributed by atoms with Crippen molar-refractivity contribution >= 4 is 5.78 Å². The monoisotopic (exact) mass is 159 g/mol. The summed E-state index contributed by atoms with van der Waals surface area (Å²) in [7, 11) is 0. The summed E-state index contributed by atoms with van der Waals surface area (Å²) in [6, 6.07) is 0. The molecule has 0 aromatic heterocycles. The quantitative estimate of drug-likeness (QED) is 0.668. The number of rotatable bonds is 3. The molecule has 0 amide bonds. The van der Waals surface area contributed by atoms with E-state index >= 15 is 0 Å². The zero-order valence-corrected chi connectivity index (χ0v) is 6.93. The second-order valence-corrected chi connectivity index (χ2v) is 3.51. The average Bonchev–Trinajstić information content (AvgIpc) is 2.42. The van der Waals surface area contributed by atoms with Gasteiger partial charge >= 0.3 is 0 Å². The number of hydrogen-bond acceptors (Lipinski definition) is 2. The Balaban J connectivity index is 2.41. The molecule has 3 heteroatoms. The second kappa shape index (κ2) is 2.55. The van der Waals surface area contributed by atoms with E-state index in [2.05, 4.69) is 0 Å². The lowest BCUT2D eigenvalue weighted by atomic mass is 10.1. The van der Waals surface area contributed by atoms with Crippen LogP contribution in [0.4, 0.5) is 4.39 Å². The van der Waals surface area contributed by atoms with E-state index in [-0.39, 0.29) is 11.7 Å². The fourth-order valence-electron chi connectivity index (χ4n) is 1.47. The number of alkyl halides is 1. The number of Topliss-reactive ketones (excluding diaryl/α,β-unsaturated/α-hetero) is 1. The summed E-state index contributed by atoms with van der Waals surface area (Å²) in [6.45, 7) is 2.97. The number of hydrogen-bond donors (Lipinski definition) is 1. The van der Waals surface area contributed by atoms with Crippen molar-refractivity contribution in [2.24, 2.45) is 11.7 Å². The first-order chi connectivity index (χ1) is 4.97. The summed E-state index contributed by atoms with van der Waals surface area (Å²) in [5.74, 6) is 0.0724. The number of ketones is 1. The first-order valence-electron chi connectivity index (χ1n) is 3.91. The van der Waals surface area contributed by atoms with Crippen molar-refractivity contribution in [3.8, 4) is 0 Å². The van der Waals surface area contributed by atoms with Crippen molar-refractivity contribution in [2.45, 2.75) is 38.4 Å². The second-order valence-electron chi connectivity index (χ2n) is 3.51. The fraction of sp³-hybridized carbons (Fsp3) is 0.875. The Morgan fingerprint density at radius 1 is 1.91 bits per heavy atom. The number of carbonyl (C=O) groups excluding carboxylic acids is 1. The van der Waals surface area contributed by atoms with E-state index in [0.717, 1.165) is 0 Å². The minimum atomic E-state index is -0.843. The Labute approximate surface area is 66.0 Å². The molecule has 0 aliphatic heterocycles. The maximum atomic E-state index is 12.4. The molecule has 2 N–H and O–H groups in total. The first kappa shape index (κ1) is 8.65. The van der Waals surface area contributed by atoms with E-state index in [4.69, 9.17) is 5.73 Å². The van der Waals surface area contributed by atoms with Gasteiger partial charge in [0.15, 0.2) is 0 Å². The molecule has 0 bridgehead atoms. The molecule has 2 nitrogen and oxygen atoms in total. The summed E-state index contributed by atoms with van der Waals surface area (Å²) in [6.07, 6.45) is 0.247. The van der Waals surface area contributed by atoms with Crippen LogP contribution in [0.5, 0.6) is 0 Å². The molecular weight excluding hydrogens is 145 g/mol. The molecule has 1 fully saturated rings. The average molecular weight is 159 g/mol. The molecule has 0 aromatic carbocycles. The zero-order valence-electron chi connectivity index (χ0n) is 6.93. The molecule has 3 atom stereocenters. The number of halogens is 1. The predicted molar refractivity (Wildman–Crippen MR) is 40.9 cm³/mol. The molecule has 64 valence electrons. The van der Waals surface area contributed by atoms with Gasteiger partial charge in [-0.3, -0.25) is 4.79 Å². The van der Waals surface area contributed by atoms with Crippen molar-refractivity contribution in [1.29, 1.82) is 0 Å². The van der Waals surface area contributed by atoms with Gasteiger partial charge < -0.3 is 5.73 Å². The minimum Gasteiger partial charge on any atom is -0.319 e. The Morgan fingerprint density at radius 2 is 2.45 bits per heavy atom. The summed E-state index contributed by atoms with van der Waals surface area (Å²) < 4.78 is 12.4. The van der Waals surface area contributed by atoms with Crippen LogP contribution in [-0.4, -0.2) is 17.5 Å². The van der Waals surface area contributed by atoms with Crippen LogP contribution in [0.1, 0.15) is 26.7 Å². The highest BCUT2D eigenvalue weighted by Crippen LogP contribution is 2.45. The molecule has 1 rings (SSSR count). The van der Waals surface area contributed by atoms with Gasteiger partial charge in [0.1, 0.15) is 5.78 Å². The van der Waals surface area contributed by atoms with E-state index in [0.29, 0.717) is 12.8 Å². The fourth-order valence-corrected chi connectivity index (χ4v) is 1.47. The van der Waals surface area contributed by atoms with Crippen LogP contribution >= 0.6 is 0 Å².